The highest BCUT2D eigenvalue weighted by Crippen LogP contribution is 2.32. The highest BCUT2D eigenvalue weighted by atomic mass is 79.9. The molecule has 2 aromatic carbocycles. The third-order valence-corrected chi connectivity index (χ3v) is 6.37. The van der Waals surface area contributed by atoms with Gasteiger partial charge in [0.25, 0.3) is 5.91 Å². The molecule has 0 spiro atoms. The van der Waals surface area contributed by atoms with Crippen molar-refractivity contribution < 1.29 is 23.8 Å². The van der Waals surface area contributed by atoms with Crippen molar-refractivity contribution >= 4 is 39.6 Å². The molecule has 1 heterocycles. The SMILES string of the molecule is Cc1cc(SCC(=O)OC(C)C(=O)NCc2ccc3c(c2)OCO3)c(C)cc1Br. The van der Waals surface area contributed by atoms with Gasteiger partial charge in [-0.1, -0.05) is 22.0 Å². The number of hydrogen-bond acceptors (Lipinski definition) is 6. The Kier molecular flexibility index (Phi) is 7.08. The number of carbonyl (C=O) groups excluding carboxylic acids is 2. The minimum Gasteiger partial charge on any atom is -0.454 e. The van der Waals surface area contributed by atoms with Crippen LogP contribution in [0, 0.1) is 13.8 Å². The molecule has 0 bridgehead atoms. The monoisotopic (exact) mass is 479 g/mol. The molecule has 0 fully saturated rings. The molecule has 1 N–H and O–H groups in total. The normalized spacial score (nSPS) is 13.1. The van der Waals surface area contributed by atoms with Crippen LogP contribution in [0.15, 0.2) is 39.7 Å². The van der Waals surface area contributed by atoms with E-state index in [1.165, 1.54) is 11.8 Å². The summed E-state index contributed by atoms with van der Waals surface area (Å²) >= 11 is 4.90. The van der Waals surface area contributed by atoms with Gasteiger partial charge in [-0.3, -0.25) is 9.59 Å². The summed E-state index contributed by atoms with van der Waals surface area (Å²) in [5, 5.41) is 2.77. The first-order chi connectivity index (χ1) is 13.8. The van der Waals surface area contributed by atoms with E-state index < -0.39 is 12.1 Å². The lowest BCUT2D eigenvalue weighted by Gasteiger charge is -2.14. The first kappa shape index (κ1) is 21.5. The van der Waals surface area contributed by atoms with Gasteiger partial charge in [-0.2, -0.15) is 0 Å². The molecule has 0 aromatic heterocycles. The number of hydrogen-bond donors (Lipinski definition) is 1. The first-order valence-corrected chi connectivity index (χ1v) is 10.9. The number of benzene rings is 2. The third-order valence-electron chi connectivity index (χ3n) is 4.38. The molecule has 1 aliphatic rings. The number of aryl methyl sites for hydroxylation is 2. The van der Waals surface area contributed by atoms with Crippen molar-refractivity contribution in [2.75, 3.05) is 12.5 Å². The molecule has 2 aromatic rings. The standard InChI is InChI=1S/C21H22BrNO5S/c1-12-7-19(13(2)6-16(12)22)29-10-20(24)28-14(3)21(25)23-9-15-4-5-17-18(8-15)27-11-26-17/h4-8,14H,9-11H2,1-3H3,(H,23,25). The molecule has 3 rings (SSSR count). The zero-order valence-corrected chi connectivity index (χ0v) is 18.8. The largest absolute Gasteiger partial charge is 0.454 e. The minimum absolute atomic E-state index is 0.141. The lowest BCUT2D eigenvalue weighted by atomic mass is 10.2. The van der Waals surface area contributed by atoms with Crippen LogP contribution in [0.2, 0.25) is 0 Å². The molecule has 0 radical (unpaired) electrons. The second kappa shape index (κ2) is 9.54. The van der Waals surface area contributed by atoms with Crippen molar-refractivity contribution in [1.29, 1.82) is 0 Å². The van der Waals surface area contributed by atoms with Crippen molar-refractivity contribution in [3.05, 3.63) is 51.5 Å². The van der Waals surface area contributed by atoms with Crippen molar-refractivity contribution in [3.63, 3.8) is 0 Å². The topological polar surface area (TPSA) is 73.9 Å². The van der Waals surface area contributed by atoms with E-state index in [0.717, 1.165) is 26.1 Å². The lowest BCUT2D eigenvalue weighted by Crippen LogP contribution is -2.35. The number of thioether (sulfide) groups is 1. The lowest BCUT2D eigenvalue weighted by molar-refractivity contribution is -0.152. The van der Waals surface area contributed by atoms with Crippen molar-refractivity contribution in [2.24, 2.45) is 0 Å². The Hall–Kier alpha value is -2.19. The summed E-state index contributed by atoms with van der Waals surface area (Å²) in [5.41, 5.74) is 3.05. The Bertz CT molecular complexity index is 934. The summed E-state index contributed by atoms with van der Waals surface area (Å²) in [6.07, 6.45) is -0.870. The van der Waals surface area contributed by atoms with E-state index in [0.29, 0.717) is 18.0 Å². The Morgan fingerprint density at radius 2 is 1.93 bits per heavy atom. The summed E-state index contributed by atoms with van der Waals surface area (Å²) in [4.78, 5) is 25.4. The molecule has 0 aliphatic carbocycles. The second-order valence-corrected chi connectivity index (χ2v) is 8.56. The Balaban J connectivity index is 1.45. The summed E-state index contributed by atoms with van der Waals surface area (Å²) < 4.78 is 16.9. The maximum absolute atomic E-state index is 12.2. The van der Waals surface area contributed by atoms with Gasteiger partial charge >= 0.3 is 5.97 Å². The van der Waals surface area contributed by atoms with Crippen molar-refractivity contribution in [2.45, 2.75) is 38.3 Å². The van der Waals surface area contributed by atoms with Gasteiger partial charge in [0, 0.05) is 15.9 Å². The van der Waals surface area contributed by atoms with E-state index in [1.807, 2.05) is 38.1 Å². The number of halogens is 1. The zero-order valence-electron chi connectivity index (χ0n) is 16.4. The molecule has 1 amide bonds. The molecule has 0 saturated carbocycles. The van der Waals surface area contributed by atoms with E-state index in [1.54, 1.807) is 13.0 Å². The van der Waals surface area contributed by atoms with Crippen LogP contribution in [-0.4, -0.2) is 30.5 Å². The van der Waals surface area contributed by atoms with Gasteiger partial charge in [0.15, 0.2) is 17.6 Å². The number of rotatable bonds is 7. The van der Waals surface area contributed by atoms with E-state index >= 15 is 0 Å². The molecular weight excluding hydrogens is 458 g/mol. The number of nitrogens with one attached hydrogen (secondary N) is 1. The molecule has 6 nitrogen and oxygen atoms in total. The van der Waals surface area contributed by atoms with Gasteiger partial charge in [-0.15, -0.1) is 11.8 Å². The smallest absolute Gasteiger partial charge is 0.317 e. The van der Waals surface area contributed by atoms with Crippen LogP contribution >= 0.6 is 27.7 Å². The van der Waals surface area contributed by atoms with Crippen LogP contribution in [0.1, 0.15) is 23.6 Å². The van der Waals surface area contributed by atoms with Crippen LogP contribution in [0.25, 0.3) is 0 Å². The molecule has 1 unspecified atom stereocenters. The van der Waals surface area contributed by atoms with Gasteiger partial charge in [-0.05, 0) is 61.7 Å². The summed E-state index contributed by atoms with van der Waals surface area (Å²) in [6, 6.07) is 9.52. The van der Waals surface area contributed by atoms with Gasteiger partial charge in [0.05, 0.1) is 5.75 Å². The number of carbonyl (C=O) groups is 2. The number of amides is 1. The summed E-state index contributed by atoms with van der Waals surface area (Å²) in [7, 11) is 0. The maximum Gasteiger partial charge on any atom is 0.317 e. The quantitative estimate of drug-likeness (QED) is 0.475. The molecule has 1 aliphatic heterocycles. The van der Waals surface area contributed by atoms with E-state index in [-0.39, 0.29) is 18.5 Å². The van der Waals surface area contributed by atoms with E-state index in [4.69, 9.17) is 14.2 Å². The molecule has 0 saturated heterocycles. The predicted molar refractivity (Wildman–Crippen MR) is 114 cm³/mol. The fourth-order valence-corrected chi connectivity index (χ4v) is 4.06. The van der Waals surface area contributed by atoms with Gasteiger partial charge in [0.1, 0.15) is 0 Å². The maximum atomic E-state index is 12.2. The summed E-state index contributed by atoms with van der Waals surface area (Å²) in [5.74, 6) is 0.710. The zero-order chi connectivity index (χ0) is 21.0. The second-order valence-electron chi connectivity index (χ2n) is 6.69. The summed E-state index contributed by atoms with van der Waals surface area (Å²) in [6.45, 7) is 6.06. The average molecular weight is 480 g/mol. The minimum atomic E-state index is -0.870. The Morgan fingerprint density at radius 1 is 1.17 bits per heavy atom. The molecule has 1 atom stereocenters. The van der Waals surface area contributed by atoms with Crippen LogP contribution in [-0.2, 0) is 20.9 Å². The van der Waals surface area contributed by atoms with Gasteiger partial charge in [0.2, 0.25) is 6.79 Å². The number of ether oxygens (including phenoxy) is 3. The molecule has 8 heteroatoms. The Labute approximate surface area is 182 Å². The van der Waals surface area contributed by atoms with E-state index in [2.05, 4.69) is 21.2 Å². The van der Waals surface area contributed by atoms with Crippen molar-refractivity contribution in [1.82, 2.24) is 5.32 Å². The number of fused-ring (bicyclic) bond motifs is 1. The number of esters is 1. The van der Waals surface area contributed by atoms with Crippen molar-refractivity contribution in [3.8, 4) is 11.5 Å². The fourth-order valence-electron chi connectivity index (χ4n) is 2.72. The highest BCUT2D eigenvalue weighted by Gasteiger charge is 2.19. The third kappa shape index (κ3) is 5.67. The fraction of sp³-hybridized carbons (Fsp3) is 0.333. The van der Waals surface area contributed by atoms with Gasteiger partial charge < -0.3 is 19.5 Å². The van der Waals surface area contributed by atoms with Gasteiger partial charge in [-0.25, -0.2) is 0 Å². The van der Waals surface area contributed by atoms with E-state index in [9.17, 15) is 9.59 Å². The van der Waals surface area contributed by atoms with Crippen LogP contribution in [0.4, 0.5) is 0 Å². The predicted octanol–water partition coefficient (Wildman–Crippen LogP) is 4.13. The van der Waals surface area contributed by atoms with Crippen LogP contribution in [0.5, 0.6) is 11.5 Å². The first-order valence-electron chi connectivity index (χ1n) is 9.08. The molecule has 29 heavy (non-hydrogen) atoms. The van der Waals surface area contributed by atoms with Crippen LogP contribution in [0.3, 0.4) is 0 Å². The van der Waals surface area contributed by atoms with Crippen LogP contribution < -0.4 is 14.8 Å². The Morgan fingerprint density at radius 3 is 2.72 bits per heavy atom. The molecular formula is C21H22BrNO5S. The molecule has 154 valence electrons. The highest BCUT2D eigenvalue weighted by molar-refractivity contribution is 9.10. The average Bonchev–Trinajstić information content (AvgIpc) is 3.15.